The maximum Gasteiger partial charge on any atom is 0.180 e. The minimum atomic E-state index is -1.08. The highest BCUT2D eigenvalue weighted by Gasteiger charge is 2.30. The molecule has 0 aromatic carbocycles. The standard InChI is InChI=1S/C8H14FN3S/c1-8(2,11-3)6(9)5-4-12-7(10)13-5/h4,6,11H,1-3H3,(H2,10,12). The maximum absolute atomic E-state index is 13.8. The van der Waals surface area contributed by atoms with Gasteiger partial charge in [0.1, 0.15) is 0 Å². The molecule has 0 amide bonds. The first-order chi connectivity index (χ1) is 5.97. The lowest BCUT2D eigenvalue weighted by atomic mass is 9.98. The van der Waals surface area contributed by atoms with Gasteiger partial charge in [0.15, 0.2) is 11.3 Å². The Morgan fingerprint density at radius 1 is 1.69 bits per heavy atom. The monoisotopic (exact) mass is 203 g/mol. The topological polar surface area (TPSA) is 50.9 Å². The molecule has 0 fully saturated rings. The summed E-state index contributed by atoms with van der Waals surface area (Å²) >= 11 is 1.19. The van der Waals surface area contributed by atoms with Gasteiger partial charge in [-0.2, -0.15) is 0 Å². The van der Waals surface area contributed by atoms with Crippen LogP contribution in [0.3, 0.4) is 0 Å². The number of nitrogen functional groups attached to an aromatic ring is 1. The maximum atomic E-state index is 13.8. The van der Waals surface area contributed by atoms with Gasteiger partial charge in [-0.1, -0.05) is 11.3 Å². The second-order valence-corrected chi connectivity index (χ2v) is 4.53. The largest absolute Gasteiger partial charge is 0.375 e. The summed E-state index contributed by atoms with van der Waals surface area (Å²) in [5.41, 5.74) is 4.84. The number of anilines is 1. The fraction of sp³-hybridized carbons (Fsp3) is 0.625. The van der Waals surface area contributed by atoms with Crippen LogP contribution in [0.1, 0.15) is 24.9 Å². The van der Waals surface area contributed by atoms with Crippen molar-refractivity contribution in [2.45, 2.75) is 25.6 Å². The van der Waals surface area contributed by atoms with Crippen LogP contribution in [0.5, 0.6) is 0 Å². The summed E-state index contributed by atoms with van der Waals surface area (Å²) in [6.07, 6.45) is 0.413. The zero-order valence-electron chi connectivity index (χ0n) is 7.97. The van der Waals surface area contributed by atoms with E-state index in [0.29, 0.717) is 10.0 Å². The molecule has 0 aliphatic heterocycles. The van der Waals surface area contributed by atoms with E-state index in [1.807, 2.05) is 0 Å². The predicted molar refractivity (Wildman–Crippen MR) is 53.5 cm³/mol. The smallest absolute Gasteiger partial charge is 0.180 e. The molecule has 1 unspecified atom stereocenters. The summed E-state index contributed by atoms with van der Waals surface area (Å²) in [6.45, 7) is 3.60. The van der Waals surface area contributed by atoms with Gasteiger partial charge in [-0.15, -0.1) is 0 Å². The molecule has 1 heterocycles. The van der Waals surface area contributed by atoms with Gasteiger partial charge >= 0.3 is 0 Å². The lowest BCUT2D eigenvalue weighted by Gasteiger charge is -2.27. The molecule has 0 bridgehead atoms. The highest BCUT2D eigenvalue weighted by atomic mass is 32.1. The molecule has 5 heteroatoms. The van der Waals surface area contributed by atoms with Gasteiger partial charge in [0.05, 0.1) is 4.88 Å². The van der Waals surface area contributed by atoms with Gasteiger partial charge in [-0.3, -0.25) is 0 Å². The zero-order chi connectivity index (χ0) is 10.1. The summed E-state index contributed by atoms with van der Waals surface area (Å²) in [6, 6.07) is 0. The van der Waals surface area contributed by atoms with E-state index in [1.165, 1.54) is 17.5 Å². The second kappa shape index (κ2) is 3.59. The third-order valence-electron chi connectivity index (χ3n) is 2.07. The number of likely N-dealkylation sites (N-methyl/N-ethyl adjacent to an activating group) is 1. The Morgan fingerprint density at radius 2 is 2.31 bits per heavy atom. The first-order valence-electron chi connectivity index (χ1n) is 4.01. The van der Waals surface area contributed by atoms with Gasteiger partial charge in [0.2, 0.25) is 0 Å². The molecule has 1 rings (SSSR count). The van der Waals surface area contributed by atoms with E-state index in [1.54, 1.807) is 20.9 Å². The van der Waals surface area contributed by atoms with E-state index in [-0.39, 0.29) is 0 Å². The van der Waals surface area contributed by atoms with Gasteiger partial charge < -0.3 is 11.1 Å². The molecule has 13 heavy (non-hydrogen) atoms. The zero-order valence-corrected chi connectivity index (χ0v) is 8.78. The van der Waals surface area contributed by atoms with Crippen molar-refractivity contribution in [1.29, 1.82) is 0 Å². The number of nitrogens with zero attached hydrogens (tertiary/aromatic N) is 1. The minimum Gasteiger partial charge on any atom is -0.375 e. The van der Waals surface area contributed by atoms with Crippen LogP contribution >= 0.6 is 11.3 Å². The van der Waals surface area contributed by atoms with Crippen LogP contribution in [0.25, 0.3) is 0 Å². The molecule has 0 radical (unpaired) electrons. The van der Waals surface area contributed by atoms with Gasteiger partial charge in [0.25, 0.3) is 0 Å². The molecule has 1 aromatic rings. The number of alkyl halides is 1. The first kappa shape index (κ1) is 10.4. The van der Waals surface area contributed by atoms with Crippen LogP contribution in [-0.2, 0) is 0 Å². The first-order valence-corrected chi connectivity index (χ1v) is 4.83. The molecular weight excluding hydrogens is 189 g/mol. The Labute approximate surface area is 81.2 Å². The summed E-state index contributed by atoms with van der Waals surface area (Å²) in [7, 11) is 1.73. The minimum absolute atomic E-state index is 0.407. The van der Waals surface area contributed by atoms with Crippen LogP contribution in [-0.4, -0.2) is 17.6 Å². The summed E-state index contributed by atoms with van der Waals surface area (Å²) in [5, 5.41) is 3.32. The van der Waals surface area contributed by atoms with E-state index in [4.69, 9.17) is 5.73 Å². The van der Waals surface area contributed by atoms with Crippen LogP contribution in [0, 0.1) is 0 Å². The normalized spacial score (nSPS) is 14.5. The van der Waals surface area contributed by atoms with E-state index in [9.17, 15) is 4.39 Å². The molecule has 3 N–H and O–H groups in total. The molecule has 0 aliphatic carbocycles. The molecule has 0 saturated carbocycles. The fourth-order valence-corrected chi connectivity index (χ4v) is 1.75. The van der Waals surface area contributed by atoms with Crippen molar-refractivity contribution in [1.82, 2.24) is 10.3 Å². The molecule has 0 saturated heterocycles. The third kappa shape index (κ3) is 2.16. The molecule has 3 nitrogen and oxygen atoms in total. The molecule has 0 aliphatic rings. The number of thiazole rings is 1. The molecule has 74 valence electrons. The van der Waals surface area contributed by atoms with E-state index < -0.39 is 11.7 Å². The van der Waals surface area contributed by atoms with Crippen LogP contribution in [0.4, 0.5) is 9.52 Å². The Kier molecular flexibility index (Phi) is 2.87. The molecule has 1 atom stereocenters. The number of aromatic nitrogens is 1. The predicted octanol–water partition coefficient (Wildman–Crippen LogP) is 1.73. The van der Waals surface area contributed by atoms with Crippen LogP contribution in [0.15, 0.2) is 6.20 Å². The van der Waals surface area contributed by atoms with Crippen LogP contribution in [0.2, 0.25) is 0 Å². The Bertz CT molecular complexity index is 285. The van der Waals surface area contributed by atoms with Crippen molar-refractivity contribution in [3.8, 4) is 0 Å². The quantitative estimate of drug-likeness (QED) is 0.786. The number of nitrogens with one attached hydrogen (secondary N) is 1. The van der Waals surface area contributed by atoms with Gasteiger partial charge in [0, 0.05) is 11.7 Å². The van der Waals surface area contributed by atoms with Gasteiger partial charge in [-0.25, -0.2) is 9.37 Å². The average Bonchev–Trinajstić information content (AvgIpc) is 2.50. The van der Waals surface area contributed by atoms with Crippen LogP contribution < -0.4 is 11.1 Å². The van der Waals surface area contributed by atoms with Crippen molar-refractivity contribution < 1.29 is 4.39 Å². The summed E-state index contributed by atoms with van der Waals surface area (Å²) in [4.78, 5) is 4.38. The number of halogens is 1. The lowest BCUT2D eigenvalue weighted by Crippen LogP contribution is -2.40. The Hall–Kier alpha value is -0.680. The highest BCUT2D eigenvalue weighted by molar-refractivity contribution is 7.15. The summed E-state index contributed by atoms with van der Waals surface area (Å²) < 4.78 is 13.8. The van der Waals surface area contributed by atoms with E-state index in [2.05, 4.69) is 10.3 Å². The SMILES string of the molecule is CNC(C)(C)C(F)c1cnc(N)s1. The number of rotatable bonds is 3. The number of hydrogen-bond acceptors (Lipinski definition) is 4. The number of nitrogens with two attached hydrogens (primary N) is 1. The second-order valence-electron chi connectivity index (χ2n) is 3.44. The van der Waals surface area contributed by atoms with Crippen molar-refractivity contribution in [3.63, 3.8) is 0 Å². The fourth-order valence-electron chi connectivity index (χ4n) is 0.900. The highest BCUT2D eigenvalue weighted by Crippen LogP contribution is 2.33. The van der Waals surface area contributed by atoms with Crippen molar-refractivity contribution in [3.05, 3.63) is 11.1 Å². The van der Waals surface area contributed by atoms with E-state index >= 15 is 0 Å². The number of hydrogen-bond donors (Lipinski definition) is 2. The molecule has 1 aromatic heterocycles. The molecule has 0 spiro atoms. The molecular formula is C8H14FN3S. The average molecular weight is 203 g/mol. The van der Waals surface area contributed by atoms with Crippen molar-refractivity contribution in [2.24, 2.45) is 0 Å². The van der Waals surface area contributed by atoms with E-state index in [0.717, 1.165) is 0 Å². The Balaban J connectivity index is 2.84. The van der Waals surface area contributed by atoms with Gasteiger partial charge in [-0.05, 0) is 20.9 Å². The van der Waals surface area contributed by atoms with Crippen molar-refractivity contribution in [2.75, 3.05) is 12.8 Å². The third-order valence-corrected chi connectivity index (χ3v) is 2.93. The van der Waals surface area contributed by atoms with Crippen molar-refractivity contribution >= 4 is 16.5 Å². The lowest BCUT2D eigenvalue weighted by molar-refractivity contribution is 0.194. The Morgan fingerprint density at radius 3 is 2.69 bits per heavy atom. The summed E-state index contributed by atoms with van der Waals surface area (Å²) in [5.74, 6) is 0.